The zero-order valence-electron chi connectivity index (χ0n) is 12.0. The van der Waals surface area contributed by atoms with Gasteiger partial charge in [0.05, 0.1) is 12.3 Å². The fourth-order valence-electron chi connectivity index (χ4n) is 2.67. The van der Waals surface area contributed by atoms with Crippen LogP contribution in [-0.4, -0.2) is 15.8 Å². The number of aromatic nitrogens is 2. The van der Waals surface area contributed by atoms with Crippen LogP contribution in [0.15, 0.2) is 12.4 Å². The highest BCUT2D eigenvalue weighted by Crippen LogP contribution is 2.21. The van der Waals surface area contributed by atoms with Crippen LogP contribution in [0.3, 0.4) is 0 Å². The van der Waals surface area contributed by atoms with Gasteiger partial charge in [-0.25, -0.2) is 0 Å². The van der Waals surface area contributed by atoms with Gasteiger partial charge in [0.1, 0.15) is 6.04 Å². The quantitative estimate of drug-likeness (QED) is 0.845. The molecule has 0 spiro atoms. The molecule has 1 N–H and O–H groups in total. The van der Waals surface area contributed by atoms with Gasteiger partial charge >= 0.3 is 0 Å². The molecule has 0 bridgehead atoms. The molecule has 4 nitrogen and oxygen atoms in total. The fourth-order valence-corrected chi connectivity index (χ4v) is 2.67. The highest BCUT2D eigenvalue weighted by molar-refractivity contribution is 5.18. The van der Waals surface area contributed by atoms with E-state index >= 15 is 0 Å². The van der Waals surface area contributed by atoms with Gasteiger partial charge in [0.15, 0.2) is 0 Å². The molecule has 1 unspecified atom stereocenters. The molecule has 104 valence electrons. The molecule has 4 heteroatoms. The van der Waals surface area contributed by atoms with Crippen molar-refractivity contribution in [1.29, 1.82) is 5.26 Å². The van der Waals surface area contributed by atoms with Crippen LogP contribution in [0, 0.1) is 11.3 Å². The van der Waals surface area contributed by atoms with E-state index in [4.69, 9.17) is 0 Å². The van der Waals surface area contributed by atoms with Crippen LogP contribution in [0.2, 0.25) is 0 Å². The second-order valence-electron chi connectivity index (χ2n) is 5.76. The first-order chi connectivity index (χ1) is 9.20. The van der Waals surface area contributed by atoms with Crippen molar-refractivity contribution in [3.05, 3.63) is 18.0 Å². The molecule has 0 radical (unpaired) electrons. The lowest BCUT2D eigenvalue weighted by atomic mass is 10.1. The van der Waals surface area contributed by atoms with Gasteiger partial charge in [-0.2, -0.15) is 10.4 Å². The van der Waals surface area contributed by atoms with E-state index in [1.165, 1.54) is 38.5 Å². The standard InChI is InChI=1S/C15H24N4/c1-12(2)19-11-13(10-17-19)15(9-16)18-14-7-5-3-4-6-8-14/h10-12,14-15,18H,3-8H2,1-2H3. The smallest absolute Gasteiger partial charge is 0.124 e. The van der Waals surface area contributed by atoms with E-state index in [0.29, 0.717) is 12.1 Å². The summed E-state index contributed by atoms with van der Waals surface area (Å²) in [6.07, 6.45) is 11.4. The normalized spacial score (nSPS) is 19.1. The number of hydrogen-bond acceptors (Lipinski definition) is 3. The summed E-state index contributed by atoms with van der Waals surface area (Å²) in [6.45, 7) is 4.19. The predicted molar refractivity (Wildman–Crippen MR) is 75.6 cm³/mol. The Balaban J connectivity index is 2.00. The topological polar surface area (TPSA) is 53.6 Å². The summed E-state index contributed by atoms with van der Waals surface area (Å²) in [5.41, 5.74) is 0.987. The minimum atomic E-state index is -0.226. The maximum absolute atomic E-state index is 9.38. The first kappa shape index (κ1) is 14.1. The maximum Gasteiger partial charge on any atom is 0.124 e. The summed E-state index contributed by atoms with van der Waals surface area (Å²) in [7, 11) is 0. The second kappa shape index (κ2) is 6.72. The van der Waals surface area contributed by atoms with E-state index < -0.39 is 0 Å². The molecule has 1 saturated carbocycles. The van der Waals surface area contributed by atoms with Gasteiger partial charge in [-0.1, -0.05) is 25.7 Å². The Labute approximate surface area is 115 Å². The average molecular weight is 260 g/mol. The number of nitriles is 1. The Morgan fingerprint density at radius 2 is 2.00 bits per heavy atom. The number of nitrogens with one attached hydrogen (secondary N) is 1. The summed E-state index contributed by atoms with van der Waals surface area (Å²) >= 11 is 0. The van der Waals surface area contributed by atoms with Crippen molar-refractivity contribution in [2.75, 3.05) is 0 Å². The Hall–Kier alpha value is -1.34. The Morgan fingerprint density at radius 3 is 2.53 bits per heavy atom. The monoisotopic (exact) mass is 260 g/mol. The zero-order chi connectivity index (χ0) is 13.7. The molecule has 2 rings (SSSR count). The molecule has 19 heavy (non-hydrogen) atoms. The molecule has 1 aliphatic rings. The van der Waals surface area contributed by atoms with Crippen molar-refractivity contribution in [2.45, 2.75) is 70.5 Å². The average Bonchev–Trinajstić information content (AvgIpc) is 2.75. The van der Waals surface area contributed by atoms with Crippen molar-refractivity contribution in [3.63, 3.8) is 0 Å². The van der Waals surface area contributed by atoms with Crippen LogP contribution in [0.25, 0.3) is 0 Å². The number of nitrogens with zero attached hydrogens (tertiary/aromatic N) is 3. The molecule has 0 amide bonds. The highest BCUT2D eigenvalue weighted by atomic mass is 15.3. The van der Waals surface area contributed by atoms with Gasteiger partial charge in [-0.3, -0.25) is 10.00 Å². The SMILES string of the molecule is CC(C)n1cc(C(C#N)NC2CCCCCC2)cn1. The Morgan fingerprint density at radius 1 is 1.32 bits per heavy atom. The van der Waals surface area contributed by atoms with Crippen LogP contribution in [0.4, 0.5) is 0 Å². The van der Waals surface area contributed by atoms with E-state index in [9.17, 15) is 5.26 Å². The summed E-state index contributed by atoms with van der Waals surface area (Å²) in [5, 5.41) is 17.2. The third kappa shape index (κ3) is 3.81. The molecule has 0 aromatic carbocycles. The predicted octanol–water partition coefficient (Wildman–Crippen LogP) is 3.34. The molecule has 1 heterocycles. The van der Waals surface area contributed by atoms with Crippen LogP contribution in [0.5, 0.6) is 0 Å². The number of rotatable bonds is 4. The van der Waals surface area contributed by atoms with Crippen molar-refractivity contribution < 1.29 is 0 Å². The van der Waals surface area contributed by atoms with E-state index in [1.54, 1.807) is 0 Å². The minimum absolute atomic E-state index is 0.226. The van der Waals surface area contributed by atoms with E-state index in [-0.39, 0.29) is 6.04 Å². The fraction of sp³-hybridized carbons (Fsp3) is 0.733. The first-order valence-corrected chi connectivity index (χ1v) is 7.40. The van der Waals surface area contributed by atoms with E-state index in [1.807, 2.05) is 17.1 Å². The molecule has 1 aromatic heterocycles. The first-order valence-electron chi connectivity index (χ1n) is 7.40. The van der Waals surface area contributed by atoms with Crippen molar-refractivity contribution in [1.82, 2.24) is 15.1 Å². The molecular formula is C15H24N4. The van der Waals surface area contributed by atoms with Gasteiger partial charge in [0, 0.05) is 23.8 Å². The van der Waals surface area contributed by atoms with Crippen molar-refractivity contribution in [3.8, 4) is 6.07 Å². The Bertz CT molecular complexity index is 422. The Kier molecular flexibility index (Phi) is 4.98. The largest absolute Gasteiger partial charge is 0.295 e. The second-order valence-corrected chi connectivity index (χ2v) is 5.76. The van der Waals surface area contributed by atoms with Crippen molar-refractivity contribution in [2.24, 2.45) is 0 Å². The lowest BCUT2D eigenvalue weighted by Gasteiger charge is -2.19. The van der Waals surface area contributed by atoms with Crippen LogP contribution >= 0.6 is 0 Å². The van der Waals surface area contributed by atoms with E-state index in [2.05, 4.69) is 30.3 Å². The lowest BCUT2D eigenvalue weighted by Crippen LogP contribution is -2.31. The highest BCUT2D eigenvalue weighted by Gasteiger charge is 2.19. The van der Waals surface area contributed by atoms with Gasteiger partial charge in [0.25, 0.3) is 0 Å². The van der Waals surface area contributed by atoms with Crippen LogP contribution in [0.1, 0.15) is 70.0 Å². The molecular weight excluding hydrogens is 236 g/mol. The zero-order valence-corrected chi connectivity index (χ0v) is 12.0. The van der Waals surface area contributed by atoms with Crippen molar-refractivity contribution >= 4 is 0 Å². The van der Waals surface area contributed by atoms with Gasteiger partial charge in [-0.15, -0.1) is 0 Å². The maximum atomic E-state index is 9.38. The summed E-state index contributed by atoms with van der Waals surface area (Å²) in [5.74, 6) is 0. The minimum Gasteiger partial charge on any atom is -0.295 e. The third-order valence-corrected chi connectivity index (χ3v) is 3.87. The molecule has 1 atom stereocenters. The van der Waals surface area contributed by atoms with Crippen LogP contribution < -0.4 is 5.32 Å². The van der Waals surface area contributed by atoms with Crippen LogP contribution in [-0.2, 0) is 0 Å². The number of hydrogen-bond donors (Lipinski definition) is 1. The molecule has 1 aliphatic carbocycles. The third-order valence-electron chi connectivity index (χ3n) is 3.87. The van der Waals surface area contributed by atoms with Gasteiger partial charge in [-0.05, 0) is 26.7 Å². The summed E-state index contributed by atoms with van der Waals surface area (Å²) in [6, 6.07) is 2.97. The lowest BCUT2D eigenvalue weighted by molar-refractivity contribution is 0.436. The molecule has 1 fully saturated rings. The van der Waals surface area contributed by atoms with Gasteiger partial charge in [0.2, 0.25) is 0 Å². The molecule has 0 saturated heterocycles. The summed E-state index contributed by atoms with van der Waals surface area (Å²) < 4.78 is 1.91. The van der Waals surface area contributed by atoms with Gasteiger partial charge < -0.3 is 0 Å². The molecule has 1 aromatic rings. The molecule has 0 aliphatic heterocycles. The summed E-state index contributed by atoms with van der Waals surface area (Å²) in [4.78, 5) is 0. The van der Waals surface area contributed by atoms with E-state index in [0.717, 1.165) is 5.56 Å².